The quantitative estimate of drug-likeness (QED) is 0.742. The molecule has 0 amide bonds. The molecule has 0 fully saturated rings. The molecule has 3 rings (SSSR count). The van der Waals surface area contributed by atoms with Gasteiger partial charge < -0.3 is 4.42 Å². The number of hydrogen-bond acceptors (Lipinski definition) is 4. The van der Waals surface area contributed by atoms with E-state index in [0.717, 1.165) is 23.6 Å². The third-order valence-corrected chi connectivity index (χ3v) is 3.15. The highest BCUT2D eigenvalue weighted by molar-refractivity contribution is 7.71. The lowest BCUT2D eigenvalue weighted by Crippen LogP contribution is -2.03. The van der Waals surface area contributed by atoms with Crippen LogP contribution in [-0.4, -0.2) is 19.7 Å². The van der Waals surface area contributed by atoms with Crippen LogP contribution in [0.1, 0.15) is 5.76 Å². The molecule has 0 aliphatic heterocycles. The zero-order valence-electron chi connectivity index (χ0n) is 10.1. The summed E-state index contributed by atoms with van der Waals surface area (Å²) in [5, 5.41) is 7.08. The highest BCUT2D eigenvalue weighted by Gasteiger charge is 2.09. The van der Waals surface area contributed by atoms with Crippen molar-refractivity contribution in [2.24, 2.45) is 0 Å². The van der Waals surface area contributed by atoms with E-state index in [1.165, 1.54) is 0 Å². The molecule has 0 aliphatic carbocycles. The van der Waals surface area contributed by atoms with Gasteiger partial charge in [0.05, 0.1) is 6.26 Å². The summed E-state index contributed by atoms with van der Waals surface area (Å²) in [6.45, 7) is 0.715. The predicted molar refractivity (Wildman–Crippen MR) is 73.1 cm³/mol. The van der Waals surface area contributed by atoms with E-state index in [4.69, 9.17) is 16.6 Å². The normalized spacial score (nSPS) is 10.7. The van der Waals surface area contributed by atoms with Crippen molar-refractivity contribution in [3.63, 3.8) is 0 Å². The first kappa shape index (κ1) is 11.9. The smallest absolute Gasteiger partial charge is 0.195 e. The molecule has 3 aromatic rings. The molecule has 3 heterocycles. The summed E-state index contributed by atoms with van der Waals surface area (Å²) in [6.07, 6.45) is 5.95. The summed E-state index contributed by atoms with van der Waals surface area (Å²) >= 11 is 5.26. The van der Waals surface area contributed by atoms with E-state index in [-0.39, 0.29) is 0 Å². The van der Waals surface area contributed by atoms with E-state index in [0.29, 0.717) is 11.3 Å². The van der Waals surface area contributed by atoms with Gasteiger partial charge in [-0.3, -0.25) is 14.6 Å². The molecule has 19 heavy (non-hydrogen) atoms. The van der Waals surface area contributed by atoms with Crippen LogP contribution in [0.4, 0.5) is 0 Å². The van der Waals surface area contributed by atoms with Gasteiger partial charge in [0, 0.05) is 30.9 Å². The molecule has 3 aromatic heterocycles. The molecule has 0 bridgehead atoms. The van der Waals surface area contributed by atoms with E-state index >= 15 is 0 Å². The van der Waals surface area contributed by atoms with Crippen molar-refractivity contribution in [2.75, 3.05) is 0 Å². The van der Waals surface area contributed by atoms with Gasteiger partial charge in [-0.2, -0.15) is 5.10 Å². The van der Waals surface area contributed by atoms with Gasteiger partial charge in [0.2, 0.25) is 0 Å². The van der Waals surface area contributed by atoms with Gasteiger partial charge in [-0.05, 0) is 36.5 Å². The minimum absolute atomic E-state index is 0.602. The summed E-state index contributed by atoms with van der Waals surface area (Å²) in [5.74, 6) is 1.73. The number of pyridine rings is 1. The highest BCUT2D eigenvalue weighted by atomic mass is 32.1. The van der Waals surface area contributed by atoms with Gasteiger partial charge in [0.15, 0.2) is 10.6 Å². The first-order valence-corrected chi connectivity index (χ1v) is 6.33. The molecule has 0 aromatic carbocycles. The van der Waals surface area contributed by atoms with Gasteiger partial charge in [-0.1, -0.05) is 0 Å². The Hall–Kier alpha value is -2.21. The van der Waals surface area contributed by atoms with Crippen LogP contribution in [-0.2, 0) is 13.0 Å². The largest absolute Gasteiger partial charge is 0.469 e. The van der Waals surface area contributed by atoms with Crippen molar-refractivity contribution < 1.29 is 4.42 Å². The molecule has 0 atom stereocenters. The fourth-order valence-corrected chi connectivity index (χ4v) is 2.14. The van der Waals surface area contributed by atoms with Crippen molar-refractivity contribution in [1.82, 2.24) is 19.7 Å². The van der Waals surface area contributed by atoms with Crippen LogP contribution < -0.4 is 0 Å². The second kappa shape index (κ2) is 5.19. The standard InChI is InChI=1S/C13H12N4OS/c19-13-16-15-12(10-3-1-6-14-9-10)17(13)7-5-11-4-2-8-18-11/h1-4,6,8-9H,5,7H2,(H,16,19). The number of aromatic amines is 1. The average molecular weight is 272 g/mol. The minimum atomic E-state index is 0.602. The number of aryl methyl sites for hydroxylation is 1. The van der Waals surface area contributed by atoms with E-state index in [1.807, 2.05) is 28.8 Å². The number of nitrogens with zero attached hydrogens (tertiary/aromatic N) is 3. The van der Waals surface area contributed by atoms with Gasteiger partial charge in [0.25, 0.3) is 0 Å². The van der Waals surface area contributed by atoms with Gasteiger partial charge >= 0.3 is 0 Å². The number of nitrogens with one attached hydrogen (secondary N) is 1. The Labute approximate surface area is 114 Å². The summed E-state index contributed by atoms with van der Waals surface area (Å²) in [6, 6.07) is 7.67. The Morgan fingerprint density at radius 2 is 2.26 bits per heavy atom. The fraction of sp³-hybridized carbons (Fsp3) is 0.154. The van der Waals surface area contributed by atoms with Crippen LogP contribution in [0.25, 0.3) is 11.4 Å². The molecule has 6 heteroatoms. The zero-order valence-corrected chi connectivity index (χ0v) is 10.9. The number of hydrogen-bond donors (Lipinski definition) is 1. The molecular formula is C13H12N4OS. The Kier molecular flexibility index (Phi) is 3.24. The highest BCUT2D eigenvalue weighted by Crippen LogP contribution is 2.16. The Morgan fingerprint density at radius 1 is 1.32 bits per heavy atom. The number of aromatic nitrogens is 4. The number of furan rings is 1. The Morgan fingerprint density at radius 3 is 3.00 bits per heavy atom. The zero-order chi connectivity index (χ0) is 13.1. The SMILES string of the molecule is S=c1[nH]nc(-c2cccnc2)n1CCc1ccco1. The molecule has 1 N–H and O–H groups in total. The average Bonchev–Trinajstić information content (AvgIpc) is 3.07. The number of rotatable bonds is 4. The van der Waals surface area contributed by atoms with Crippen molar-refractivity contribution in [3.8, 4) is 11.4 Å². The molecule has 0 spiro atoms. The Bertz CT molecular complexity index is 700. The van der Waals surface area contributed by atoms with E-state index in [1.54, 1.807) is 18.7 Å². The van der Waals surface area contributed by atoms with Gasteiger partial charge in [-0.15, -0.1) is 0 Å². The van der Waals surface area contributed by atoms with Crippen LogP contribution in [0.2, 0.25) is 0 Å². The van der Waals surface area contributed by atoms with E-state index < -0.39 is 0 Å². The monoisotopic (exact) mass is 272 g/mol. The van der Waals surface area contributed by atoms with Gasteiger partial charge in [0.1, 0.15) is 5.76 Å². The molecule has 0 saturated heterocycles. The van der Waals surface area contributed by atoms with Crippen LogP contribution in [0.15, 0.2) is 47.3 Å². The molecular weight excluding hydrogens is 260 g/mol. The maximum absolute atomic E-state index is 5.33. The summed E-state index contributed by atoms with van der Waals surface area (Å²) < 4.78 is 7.88. The van der Waals surface area contributed by atoms with E-state index in [9.17, 15) is 0 Å². The first-order chi connectivity index (χ1) is 9.34. The lowest BCUT2D eigenvalue weighted by molar-refractivity contribution is 0.491. The second-order valence-corrected chi connectivity index (χ2v) is 4.46. The third-order valence-electron chi connectivity index (χ3n) is 2.84. The lowest BCUT2D eigenvalue weighted by atomic mass is 10.2. The van der Waals surface area contributed by atoms with Crippen LogP contribution >= 0.6 is 12.2 Å². The van der Waals surface area contributed by atoms with Crippen LogP contribution in [0, 0.1) is 4.77 Å². The molecule has 96 valence electrons. The van der Waals surface area contributed by atoms with Crippen LogP contribution in [0.5, 0.6) is 0 Å². The first-order valence-electron chi connectivity index (χ1n) is 5.92. The summed E-state index contributed by atoms with van der Waals surface area (Å²) in [4.78, 5) is 4.10. The molecule has 0 aliphatic rings. The van der Waals surface area contributed by atoms with Crippen molar-refractivity contribution >= 4 is 12.2 Å². The van der Waals surface area contributed by atoms with Crippen LogP contribution in [0.3, 0.4) is 0 Å². The van der Waals surface area contributed by atoms with Gasteiger partial charge in [-0.25, -0.2) is 0 Å². The second-order valence-electron chi connectivity index (χ2n) is 4.08. The Balaban J connectivity index is 1.89. The molecule has 0 radical (unpaired) electrons. The van der Waals surface area contributed by atoms with Crippen molar-refractivity contribution in [2.45, 2.75) is 13.0 Å². The third kappa shape index (κ3) is 2.48. The van der Waals surface area contributed by atoms with Crippen molar-refractivity contribution in [3.05, 3.63) is 53.5 Å². The maximum atomic E-state index is 5.33. The lowest BCUT2D eigenvalue weighted by Gasteiger charge is -2.05. The fourth-order valence-electron chi connectivity index (χ4n) is 1.92. The minimum Gasteiger partial charge on any atom is -0.469 e. The summed E-state index contributed by atoms with van der Waals surface area (Å²) in [7, 11) is 0. The van der Waals surface area contributed by atoms with Crippen molar-refractivity contribution in [1.29, 1.82) is 0 Å². The summed E-state index contributed by atoms with van der Waals surface area (Å²) in [5.41, 5.74) is 0.939. The number of H-pyrrole nitrogens is 1. The van der Waals surface area contributed by atoms with E-state index in [2.05, 4.69) is 15.2 Å². The maximum Gasteiger partial charge on any atom is 0.195 e. The molecule has 0 saturated carbocycles. The molecule has 5 nitrogen and oxygen atoms in total. The molecule has 0 unspecified atom stereocenters. The topological polar surface area (TPSA) is 59.6 Å². The predicted octanol–water partition coefficient (Wildman–Crippen LogP) is 2.84.